The fourth-order valence-electron chi connectivity index (χ4n) is 3.55. The molecule has 4 rings (SSSR count). The van der Waals surface area contributed by atoms with E-state index in [9.17, 15) is 0 Å². The van der Waals surface area contributed by atoms with Crippen LogP contribution in [0, 0.1) is 0 Å². The molecule has 1 N–H and O–H groups in total. The molecule has 3 aromatic carbocycles. The molecule has 0 aromatic heterocycles. The Morgan fingerprint density at radius 1 is 0.808 bits per heavy atom. The molecule has 3 heteroatoms. The van der Waals surface area contributed by atoms with Gasteiger partial charge in [0.2, 0.25) is 0 Å². The van der Waals surface area contributed by atoms with Gasteiger partial charge in [0.1, 0.15) is 0 Å². The monoisotopic (exact) mass is 364 g/mol. The highest BCUT2D eigenvalue weighted by molar-refractivity contribution is 5.85. The van der Waals surface area contributed by atoms with Crippen molar-refractivity contribution in [2.24, 2.45) is 0 Å². The number of hydrogen-bond donors (Lipinski definition) is 1. The highest BCUT2D eigenvalue weighted by Crippen LogP contribution is 2.34. The van der Waals surface area contributed by atoms with E-state index in [1.165, 1.54) is 28.1 Å². The molecular weight excluding hydrogens is 340 g/mol. The van der Waals surface area contributed by atoms with Crippen molar-refractivity contribution < 1.29 is 0 Å². The smallest absolute Gasteiger partial charge is 0.0444 e. The maximum absolute atomic E-state index is 3.57. The molecule has 0 bridgehead atoms. The van der Waals surface area contributed by atoms with Crippen molar-refractivity contribution >= 4 is 23.8 Å². The van der Waals surface area contributed by atoms with E-state index in [4.69, 9.17) is 0 Å². The fourth-order valence-corrected chi connectivity index (χ4v) is 3.55. The number of hydrogen-bond acceptors (Lipinski definition) is 2. The Labute approximate surface area is 162 Å². The lowest BCUT2D eigenvalue weighted by Crippen LogP contribution is -2.17. The predicted molar refractivity (Wildman–Crippen MR) is 113 cm³/mol. The van der Waals surface area contributed by atoms with Crippen LogP contribution in [0.15, 0.2) is 78.9 Å². The van der Waals surface area contributed by atoms with E-state index in [-0.39, 0.29) is 12.4 Å². The summed E-state index contributed by atoms with van der Waals surface area (Å²) in [5, 5.41) is 3.57. The van der Waals surface area contributed by atoms with Gasteiger partial charge in [0, 0.05) is 24.5 Å². The number of rotatable bonds is 6. The second-order valence-corrected chi connectivity index (χ2v) is 6.61. The maximum Gasteiger partial charge on any atom is 0.0444 e. The molecule has 1 aliphatic heterocycles. The average molecular weight is 365 g/mol. The molecule has 2 nitrogen and oxygen atoms in total. The third-order valence-electron chi connectivity index (χ3n) is 4.87. The van der Waals surface area contributed by atoms with Gasteiger partial charge in [0.15, 0.2) is 0 Å². The van der Waals surface area contributed by atoms with Crippen LogP contribution in [0.5, 0.6) is 0 Å². The van der Waals surface area contributed by atoms with E-state index in [0.29, 0.717) is 0 Å². The first-order chi connectivity index (χ1) is 12.4. The van der Waals surface area contributed by atoms with E-state index in [2.05, 4.69) is 89.1 Å². The first-order valence-corrected chi connectivity index (χ1v) is 9.09. The Hall–Kier alpha value is -2.29. The summed E-state index contributed by atoms with van der Waals surface area (Å²) in [6, 6.07) is 28.3. The summed E-state index contributed by atoms with van der Waals surface area (Å²) in [6.45, 7) is 2.99. The van der Waals surface area contributed by atoms with Crippen LogP contribution < -0.4 is 10.2 Å². The molecule has 3 aromatic rings. The summed E-state index contributed by atoms with van der Waals surface area (Å²) < 4.78 is 0. The average Bonchev–Trinajstić information content (AvgIpc) is 3.11. The Morgan fingerprint density at radius 3 is 2.46 bits per heavy atom. The second kappa shape index (κ2) is 8.88. The normalized spacial score (nSPS) is 12.5. The molecule has 134 valence electrons. The van der Waals surface area contributed by atoms with Crippen molar-refractivity contribution in [3.8, 4) is 0 Å². The first kappa shape index (κ1) is 18.5. The molecular formula is C23H25ClN2. The van der Waals surface area contributed by atoms with Crippen LogP contribution in [-0.2, 0) is 19.4 Å². The Balaban J connectivity index is 0.00000196. The van der Waals surface area contributed by atoms with Crippen LogP contribution in [0.25, 0.3) is 0 Å². The summed E-state index contributed by atoms with van der Waals surface area (Å²) in [6.07, 6.45) is 2.20. The zero-order valence-electron chi connectivity index (χ0n) is 14.9. The van der Waals surface area contributed by atoms with E-state index in [0.717, 1.165) is 32.5 Å². The van der Waals surface area contributed by atoms with Crippen molar-refractivity contribution in [3.05, 3.63) is 95.6 Å². The van der Waals surface area contributed by atoms with E-state index < -0.39 is 0 Å². The minimum absolute atomic E-state index is 0. The summed E-state index contributed by atoms with van der Waals surface area (Å²) >= 11 is 0. The van der Waals surface area contributed by atoms with Crippen molar-refractivity contribution in [3.63, 3.8) is 0 Å². The lowest BCUT2D eigenvalue weighted by molar-refractivity contribution is 0.687. The Kier molecular flexibility index (Phi) is 6.32. The van der Waals surface area contributed by atoms with Crippen LogP contribution in [-0.4, -0.2) is 13.1 Å². The highest BCUT2D eigenvalue weighted by atomic mass is 35.5. The zero-order valence-corrected chi connectivity index (χ0v) is 15.7. The SMILES string of the molecule is Cl.c1ccc(CCNCc2cccc(N3CCc4ccccc43)c2)cc1. The fraction of sp³-hybridized carbons (Fsp3) is 0.217. The number of halogens is 1. The Bertz CT molecular complexity index is 832. The lowest BCUT2D eigenvalue weighted by Gasteiger charge is -2.20. The molecule has 1 heterocycles. The third-order valence-corrected chi connectivity index (χ3v) is 4.87. The van der Waals surface area contributed by atoms with Crippen molar-refractivity contribution in [1.29, 1.82) is 0 Å². The molecule has 0 spiro atoms. The molecule has 26 heavy (non-hydrogen) atoms. The molecule has 0 amide bonds. The van der Waals surface area contributed by atoms with Gasteiger partial charge in [0.25, 0.3) is 0 Å². The topological polar surface area (TPSA) is 15.3 Å². The van der Waals surface area contributed by atoms with Crippen LogP contribution in [0.2, 0.25) is 0 Å². The van der Waals surface area contributed by atoms with Gasteiger partial charge in [-0.3, -0.25) is 0 Å². The highest BCUT2D eigenvalue weighted by Gasteiger charge is 2.19. The van der Waals surface area contributed by atoms with Gasteiger partial charge in [0.05, 0.1) is 0 Å². The number of anilines is 2. The summed E-state index contributed by atoms with van der Waals surface area (Å²) in [5.41, 5.74) is 6.84. The second-order valence-electron chi connectivity index (χ2n) is 6.61. The largest absolute Gasteiger partial charge is 0.341 e. The maximum atomic E-state index is 3.57. The summed E-state index contributed by atoms with van der Waals surface area (Å²) in [7, 11) is 0. The van der Waals surface area contributed by atoms with E-state index >= 15 is 0 Å². The summed E-state index contributed by atoms with van der Waals surface area (Å²) in [5.74, 6) is 0. The minimum Gasteiger partial charge on any atom is -0.341 e. The molecule has 0 saturated heterocycles. The van der Waals surface area contributed by atoms with Crippen LogP contribution >= 0.6 is 12.4 Å². The van der Waals surface area contributed by atoms with Gasteiger partial charge in [-0.25, -0.2) is 0 Å². The predicted octanol–water partition coefficient (Wildman–Crippen LogP) is 5.13. The van der Waals surface area contributed by atoms with E-state index in [1.807, 2.05) is 0 Å². The number of fused-ring (bicyclic) bond motifs is 1. The van der Waals surface area contributed by atoms with E-state index in [1.54, 1.807) is 0 Å². The van der Waals surface area contributed by atoms with Crippen LogP contribution in [0.3, 0.4) is 0 Å². The molecule has 0 radical (unpaired) electrons. The molecule has 0 aliphatic carbocycles. The molecule has 0 saturated carbocycles. The van der Waals surface area contributed by atoms with Gasteiger partial charge in [-0.05, 0) is 54.3 Å². The number of benzene rings is 3. The quantitative estimate of drug-likeness (QED) is 0.609. The number of para-hydroxylation sites is 1. The molecule has 0 fully saturated rings. The first-order valence-electron chi connectivity index (χ1n) is 9.09. The van der Waals surface area contributed by atoms with Crippen molar-refractivity contribution in [2.75, 3.05) is 18.0 Å². The van der Waals surface area contributed by atoms with Gasteiger partial charge >= 0.3 is 0 Å². The summed E-state index contributed by atoms with van der Waals surface area (Å²) in [4.78, 5) is 2.43. The molecule has 0 unspecified atom stereocenters. The molecule has 1 aliphatic rings. The number of nitrogens with zero attached hydrogens (tertiary/aromatic N) is 1. The lowest BCUT2D eigenvalue weighted by atomic mass is 10.1. The van der Waals surface area contributed by atoms with Gasteiger partial charge in [-0.15, -0.1) is 12.4 Å². The van der Waals surface area contributed by atoms with Crippen LogP contribution in [0.1, 0.15) is 16.7 Å². The third kappa shape index (κ3) is 4.27. The van der Waals surface area contributed by atoms with Gasteiger partial charge in [-0.2, -0.15) is 0 Å². The Morgan fingerprint density at radius 2 is 1.58 bits per heavy atom. The minimum atomic E-state index is 0. The number of nitrogens with one attached hydrogen (secondary N) is 1. The molecule has 0 atom stereocenters. The van der Waals surface area contributed by atoms with Crippen molar-refractivity contribution in [1.82, 2.24) is 5.32 Å². The van der Waals surface area contributed by atoms with Crippen LogP contribution in [0.4, 0.5) is 11.4 Å². The van der Waals surface area contributed by atoms with Gasteiger partial charge in [-0.1, -0.05) is 60.7 Å². The zero-order chi connectivity index (χ0) is 16.9. The van der Waals surface area contributed by atoms with Gasteiger partial charge < -0.3 is 10.2 Å². The van der Waals surface area contributed by atoms with Crippen molar-refractivity contribution in [2.45, 2.75) is 19.4 Å². The standard InChI is InChI=1S/C23H24N2.ClH/c1-2-7-19(8-3-1)13-15-24-18-20-9-6-11-22(17-20)25-16-14-21-10-4-5-12-23(21)25;/h1-12,17,24H,13-16,18H2;1H.